The standard InChI is InChI=1S/C22H15N3O2S/c26-25(27)17-8-6-7-16(15-17)13-14-21-22(28-18-9-2-1-3-10-18)24-20-12-5-4-11-19(20)23-21/h1-15H/b14-13+. The minimum Gasteiger partial charge on any atom is -0.258 e. The lowest BCUT2D eigenvalue weighted by atomic mass is 10.2. The van der Waals surface area contributed by atoms with Crippen molar-refractivity contribution in [3.05, 3.63) is 100 Å². The largest absolute Gasteiger partial charge is 0.270 e. The fraction of sp³-hybridized carbons (Fsp3) is 0. The number of aromatic nitrogens is 2. The fourth-order valence-electron chi connectivity index (χ4n) is 2.70. The smallest absolute Gasteiger partial charge is 0.258 e. The summed E-state index contributed by atoms with van der Waals surface area (Å²) < 4.78 is 0. The zero-order valence-electron chi connectivity index (χ0n) is 14.7. The topological polar surface area (TPSA) is 68.9 Å². The fourth-order valence-corrected chi connectivity index (χ4v) is 3.58. The Bertz CT molecular complexity index is 1180. The van der Waals surface area contributed by atoms with E-state index in [0.717, 1.165) is 32.2 Å². The van der Waals surface area contributed by atoms with Crippen LogP contribution in [0.25, 0.3) is 23.2 Å². The lowest BCUT2D eigenvalue weighted by Gasteiger charge is -2.07. The molecule has 4 aromatic rings. The first-order valence-corrected chi connectivity index (χ1v) is 9.43. The van der Waals surface area contributed by atoms with Crippen molar-refractivity contribution in [3.8, 4) is 0 Å². The maximum atomic E-state index is 11.0. The molecule has 0 spiro atoms. The van der Waals surface area contributed by atoms with Crippen molar-refractivity contribution in [1.29, 1.82) is 0 Å². The zero-order chi connectivity index (χ0) is 19.3. The summed E-state index contributed by atoms with van der Waals surface area (Å²) in [5.41, 5.74) is 3.15. The van der Waals surface area contributed by atoms with Crippen LogP contribution >= 0.6 is 11.8 Å². The Morgan fingerprint density at radius 3 is 2.29 bits per heavy atom. The lowest BCUT2D eigenvalue weighted by molar-refractivity contribution is -0.384. The van der Waals surface area contributed by atoms with Crippen molar-refractivity contribution in [2.45, 2.75) is 9.92 Å². The van der Waals surface area contributed by atoms with Gasteiger partial charge in [-0.05, 0) is 35.9 Å². The molecule has 0 N–H and O–H groups in total. The molecule has 0 unspecified atom stereocenters. The average molecular weight is 385 g/mol. The third-order valence-electron chi connectivity index (χ3n) is 4.04. The van der Waals surface area contributed by atoms with Crippen molar-refractivity contribution in [1.82, 2.24) is 9.97 Å². The number of non-ortho nitro benzene ring substituents is 1. The number of nitrogens with zero attached hydrogens (tertiary/aromatic N) is 3. The molecule has 1 heterocycles. The highest BCUT2D eigenvalue weighted by molar-refractivity contribution is 7.99. The molecule has 28 heavy (non-hydrogen) atoms. The van der Waals surface area contributed by atoms with E-state index in [9.17, 15) is 10.1 Å². The third kappa shape index (κ3) is 4.07. The van der Waals surface area contributed by atoms with Crippen molar-refractivity contribution >= 4 is 40.6 Å². The van der Waals surface area contributed by atoms with Crippen LogP contribution in [0.1, 0.15) is 11.3 Å². The molecule has 136 valence electrons. The summed E-state index contributed by atoms with van der Waals surface area (Å²) in [5.74, 6) is 0. The van der Waals surface area contributed by atoms with Gasteiger partial charge in [0.15, 0.2) is 0 Å². The Hall–Kier alpha value is -3.51. The molecule has 5 nitrogen and oxygen atoms in total. The van der Waals surface area contributed by atoms with Crippen molar-refractivity contribution in [3.63, 3.8) is 0 Å². The van der Waals surface area contributed by atoms with Crippen LogP contribution in [0.5, 0.6) is 0 Å². The van der Waals surface area contributed by atoms with Crippen LogP contribution in [-0.2, 0) is 0 Å². The molecule has 0 saturated heterocycles. The summed E-state index contributed by atoms with van der Waals surface area (Å²) >= 11 is 1.54. The number of benzene rings is 3. The maximum absolute atomic E-state index is 11.0. The van der Waals surface area contributed by atoms with E-state index in [1.54, 1.807) is 6.07 Å². The molecule has 0 bridgehead atoms. The molecule has 0 atom stereocenters. The summed E-state index contributed by atoms with van der Waals surface area (Å²) in [7, 11) is 0. The van der Waals surface area contributed by atoms with Gasteiger partial charge in [-0.1, -0.05) is 60.3 Å². The van der Waals surface area contributed by atoms with Gasteiger partial charge in [-0.2, -0.15) is 0 Å². The molecular formula is C22H15N3O2S. The monoisotopic (exact) mass is 385 g/mol. The number of hydrogen-bond donors (Lipinski definition) is 0. The van der Waals surface area contributed by atoms with Gasteiger partial charge < -0.3 is 0 Å². The normalized spacial score (nSPS) is 11.1. The molecular weight excluding hydrogens is 370 g/mol. The third-order valence-corrected chi connectivity index (χ3v) is 5.04. The van der Waals surface area contributed by atoms with Crippen molar-refractivity contribution in [2.75, 3.05) is 0 Å². The van der Waals surface area contributed by atoms with Gasteiger partial charge in [0.2, 0.25) is 0 Å². The highest BCUT2D eigenvalue weighted by Gasteiger charge is 2.09. The van der Waals surface area contributed by atoms with Crippen molar-refractivity contribution < 1.29 is 4.92 Å². The molecule has 0 aliphatic heterocycles. The first kappa shape index (κ1) is 17.9. The second-order valence-electron chi connectivity index (χ2n) is 6.00. The van der Waals surface area contributed by atoms with Crippen LogP contribution < -0.4 is 0 Å². The van der Waals surface area contributed by atoms with Gasteiger partial charge in [0.1, 0.15) is 5.03 Å². The first-order chi connectivity index (χ1) is 13.7. The molecule has 4 rings (SSSR count). The number of para-hydroxylation sites is 2. The predicted octanol–water partition coefficient (Wildman–Crippen LogP) is 5.86. The minimum absolute atomic E-state index is 0.0608. The quantitative estimate of drug-likeness (QED) is 0.318. The lowest BCUT2D eigenvalue weighted by Crippen LogP contribution is -1.93. The van der Waals surface area contributed by atoms with Crippen LogP contribution in [0.15, 0.2) is 88.8 Å². The van der Waals surface area contributed by atoms with Crippen LogP contribution in [0.2, 0.25) is 0 Å². The minimum atomic E-state index is -0.399. The summed E-state index contributed by atoms with van der Waals surface area (Å²) in [4.78, 5) is 21.2. The van der Waals surface area contributed by atoms with E-state index in [2.05, 4.69) is 0 Å². The number of nitro benzene ring substituents is 1. The molecule has 0 fully saturated rings. The number of rotatable bonds is 5. The van der Waals surface area contributed by atoms with Crippen molar-refractivity contribution in [2.24, 2.45) is 0 Å². The number of fused-ring (bicyclic) bond motifs is 1. The zero-order valence-corrected chi connectivity index (χ0v) is 15.5. The molecule has 3 aromatic carbocycles. The van der Waals surface area contributed by atoms with E-state index < -0.39 is 4.92 Å². The number of hydrogen-bond acceptors (Lipinski definition) is 5. The summed E-state index contributed by atoms with van der Waals surface area (Å²) in [5, 5.41) is 11.8. The van der Waals surface area contributed by atoms with Gasteiger partial charge in [0.25, 0.3) is 5.69 Å². The van der Waals surface area contributed by atoms with Gasteiger partial charge in [-0.15, -0.1) is 0 Å². The van der Waals surface area contributed by atoms with Crippen LogP contribution in [-0.4, -0.2) is 14.9 Å². The molecule has 0 radical (unpaired) electrons. The first-order valence-electron chi connectivity index (χ1n) is 8.61. The second-order valence-corrected chi connectivity index (χ2v) is 7.07. The van der Waals surface area contributed by atoms with Gasteiger partial charge in [0, 0.05) is 17.0 Å². The summed E-state index contributed by atoms with van der Waals surface area (Å²) in [6.07, 6.45) is 3.67. The molecule has 6 heteroatoms. The number of nitro groups is 1. The maximum Gasteiger partial charge on any atom is 0.270 e. The Balaban J connectivity index is 1.75. The average Bonchev–Trinajstić information content (AvgIpc) is 2.73. The highest BCUT2D eigenvalue weighted by atomic mass is 32.2. The van der Waals surface area contributed by atoms with Gasteiger partial charge >= 0.3 is 0 Å². The van der Waals surface area contributed by atoms with E-state index in [1.165, 1.54) is 23.9 Å². The molecule has 0 saturated carbocycles. The Morgan fingerprint density at radius 1 is 0.821 bits per heavy atom. The highest BCUT2D eigenvalue weighted by Crippen LogP contribution is 2.30. The van der Waals surface area contributed by atoms with Gasteiger partial charge in [0.05, 0.1) is 21.7 Å². The Kier molecular flexibility index (Phi) is 5.12. The molecule has 0 aliphatic carbocycles. The van der Waals surface area contributed by atoms with Crippen LogP contribution in [0, 0.1) is 10.1 Å². The van der Waals surface area contributed by atoms with Crippen LogP contribution in [0.4, 0.5) is 5.69 Å². The summed E-state index contributed by atoms with van der Waals surface area (Å²) in [6.45, 7) is 0. The van der Waals surface area contributed by atoms with Gasteiger partial charge in [-0.3, -0.25) is 10.1 Å². The second kappa shape index (κ2) is 8.02. The van der Waals surface area contributed by atoms with E-state index in [0.29, 0.717) is 0 Å². The van der Waals surface area contributed by atoms with E-state index >= 15 is 0 Å². The molecule has 1 aromatic heterocycles. The van der Waals surface area contributed by atoms with E-state index in [-0.39, 0.29) is 5.69 Å². The van der Waals surface area contributed by atoms with Crippen LogP contribution in [0.3, 0.4) is 0 Å². The SMILES string of the molecule is O=[N+]([O-])c1cccc(/C=C/c2nc3ccccc3nc2Sc2ccccc2)c1. The van der Waals surface area contributed by atoms with E-state index in [4.69, 9.17) is 9.97 Å². The molecule has 0 amide bonds. The van der Waals surface area contributed by atoms with Gasteiger partial charge in [-0.25, -0.2) is 9.97 Å². The Labute approximate surface area is 165 Å². The molecule has 0 aliphatic rings. The predicted molar refractivity (Wildman–Crippen MR) is 112 cm³/mol. The van der Waals surface area contributed by atoms with E-state index in [1.807, 2.05) is 72.8 Å². The summed E-state index contributed by atoms with van der Waals surface area (Å²) in [6, 6.07) is 24.2. The Morgan fingerprint density at radius 2 is 1.54 bits per heavy atom.